The number of nitrogens with two attached hydrogens (primary N) is 1. The molecular weight excluding hydrogens is 306 g/mol. The van der Waals surface area contributed by atoms with Gasteiger partial charge in [0.15, 0.2) is 0 Å². The van der Waals surface area contributed by atoms with Gasteiger partial charge < -0.3 is 16.0 Å². The highest BCUT2D eigenvalue weighted by Gasteiger charge is 2.30. The fraction of sp³-hybridized carbons (Fsp3) is 0.500. The van der Waals surface area contributed by atoms with Gasteiger partial charge in [-0.25, -0.2) is 0 Å². The highest BCUT2D eigenvalue weighted by atomic mass is 79.9. The quantitative estimate of drug-likeness (QED) is 0.870. The Hall–Kier alpha value is -1.07. The van der Waals surface area contributed by atoms with E-state index in [0.717, 1.165) is 42.6 Å². The molecule has 5 heteroatoms. The second-order valence-electron chi connectivity index (χ2n) is 4.82. The topological polar surface area (TPSA) is 58.4 Å². The van der Waals surface area contributed by atoms with Crippen LogP contribution in [0.1, 0.15) is 25.3 Å². The van der Waals surface area contributed by atoms with Crippen LogP contribution < -0.4 is 16.0 Å². The zero-order valence-corrected chi connectivity index (χ0v) is 12.7. The Morgan fingerprint density at radius 2 is 2.37 bits per heavy atom. The molecule has 1 atom stereocenters. The molecule has 0 aliphatic carbocycles. The fourth-order valence-corrected chi connectivity index (χ4v) is 3.17. The third-order valence-electron chi connectivity index (χ3n) is 3.48. The summed E-state index contributed by atoms with van der Waals surface area (Å²) in [5.74, 6) is -0.235. The number of benzene rings is 1. The second kappa shape index (κ2) is 6.39. The van der Waals surface area contributed by atoms with E-state index in [1.54, 1.807) is 0 Å². The summed E-state index contributed by atoms with van der Waals surface area (Å²) in [6.07, 6.45) is 1.86. The van der Waals surface area contributed by atoms with Crippen molar-refractivity contribution in [3.8, 4) is 0 Å². The van der Waals surface area contributed by atoms with E-state index in [4.69, 9.17) is 5.73 Å². The number of nitrogens with zero attached hydrogens (tertiary/aromatic N) is 1. The summed E-state index contributed by atoms with van der Waals surface area (Å²) >= 11 is 3.60. The average Bonchev–Trinajstić information content (AvgIpc) is 2.85. The molecule has 4 nitrogen and oxygen atoms in total. The van der Waals surface area contributed by atoms with E-state index in [1.807, 2.05) is 0 Å². The maximum atomic E-state index is 11.5. The molecule has 1 aromatic rings. The number of carbonyl (C=O) groups is 1. The van der Waals surface area contributed by atoms with Crippen LogP contribution in [-0.4, -0.2) is 25.0 Å². The number of primary amides is 1. The predicted molar refractivity (Wildman–Crippen MR) is 81.1 cm³/mol. The monoisotopic (exact) mass is 325 g/mol. The standard InChI is InChI=1S/C14H20BrN3O/c1-2-17-9-10-5-6-12(11(15)8-10)18-7-3-4-13(18)14(16)19/h5-6,8,13,17H,2-4,7,9H2,1H3,(H2,16,19). The maximum absolute atomic E-state index is 11.5. The van der Waals surface area contributed by atoms with Gasteiger partial charge in [-0.05, 0) is 53.0 Å². The molecule has 1 saturated heterocycles. The summed E-state index contributed by atoms with van der Waals surface area (Å²) in [7, 11) is 0. The Morgan fingerprint density at radius 1 is 1.58 bits per heavy atom. The summed E-state index contributed by atoms with van der Waals surface area (Å²) in [6.45, 7) is 4.79. The van der Waals surface area contributed by atoms with Crippen molar-refractivity contribution in [2.24, 2.45) is 5.73 Å². The fourth-order valence-electron chi connectivity index (χ4n) is 2.51. The van der Waals surface area contributed by atoms with Crippen LogP contribution in [0, 0.1) is 0 Å². The van der Waals surface area contributed by atoms with Crippen LogP contribution in [0.15, 0.2) is 22.7 Å². The zero-order chi connectivity index (χ0) is 13.8. The van der Waals surface area contributed by atoms with Gasteiger partial charge in [-0.3, -0.25) is 4.79 Å². The smallest absolute Gasteiger partial charge is 0.240 e. The molecule has 0 aromatic heterocycles. The Balaban J connectivity index is 2.18. The van der Waals surface area contributed by atoms with Crippen LogP contribution in [0.25, 0.3) is 0 Å². The summed E-state index contributed by atoms with van der Waals surface area (Å²) in [6, 6.07) is 6.10. The highest BCUT2D eigenvalue weighted by Crippen LogP contribution is 2.32. The van der Waals surface area contributed by atoms with Crippen LogP contribution in [0.4, 0.5) is 5.69 Å². The van der Waals surface area contributed by atoms with Gasteiger partial charge >= 0.3 is 0 Å². The summed E-state index contributed by atoms with van der Waals surface area (Å²) in [4.78, 5) is 13.6. The van der Waals surface area contributed by atoms with Crippen LogP contribution >= 0.6 is 15.9 Å². The van der Waals surface area contributed by atoms with E-state index in [-0.39, 0.29) is 11.9 Å². The van der Waals surface area contributed by atoms with Gasteiger partial charge in [0.05, 0.1) is 5.69 Å². The molecule has 1 heterocycles. The number of halogens is 1. The molecule has 1 aliphatic heterocycles. The molecule has 1 fully saturated rings. The zero-order valence-electron chi connectivity index (χ0n) is 11.2. The van der Waals surface area contributed by atoms with Gasteiger partial charge in [0.2, 0.25) is 5.91 Å². The average molecular weight is 326 g/mol. The van der Waals surface area contributed by atoms with Gasteiger partial charge in [0.1, 0.15) is 6.04 Å². The number of carbonyl (C=O) groups excluding carboxylic acids is 1. The molecule has 1 aliphatic rings. The second-order valence-corrected chi connectivity index (χ2v) is 5.67. The molecule has 104 valence electrons. The third kappa shape index (κ3) is 3.28. The van der Waals surface area contributed by atoms with Crippen molar-refractivity contribution in [3.05, 3.63) is 28.2 Å². The van der Waals surface area contributed by atoms with Crippen molar-refractivity contribution >= 4 is 27.5 Å². The molecule has 0 spiro atoms. The summed E-state index contributed by atoms with van der Waals surface area (Å²) in [5.41, 5.74) is 7.75. The van der Waals surface area contributed by atoms with E-state index in [0.29, 0.717) is 0 Å². The molecule has 19 heavy (non-hydrogen) atoms. The van der Waals surface area contributed by atoms with E-state index < -0.39 is 0 Å². The first-order valence-electron chi connectivity index (χ1n) is 6.68. The van der Waals surface area contributed by atoms with Gasteiger partial charge in [-0.2, -0.15) is 0 Å². The summed E-state index contributed by atoms with van der Waals surface area (Å²) < 4.78 is 1.02. The normalized spacial score (nSPS) is 18.8. The lowest BCUT2D eigenvalue weighted by molar-refractivity contribution is -0.119. The number of nitrogens with one attached hydrogen (secondary N) is 1. The van der Waals surface area contributed by atoms with Crippen LogP contribution in [0.2, 0.25) is 0 Å². The van der Waals surface area contributed by atoms with E-state index in [2.05, 4.69) is 51.3 Å². The van der Waals surface area contributed by atoms with Gasteiger partial charge in [0, 0.05) is 17.6 Å². The largest absolute Gasteiger partial charge is 0.368 e. The Morgan fingerprint density at radius 3 is 3.00 bits per heavy atom. The molecule has 1 unspecified atom stereocenters. The Bertz CT molecular complexity index is 464. The maximum Gasteiger partial charge on any atom is 0.240 e. The van der Waals surface area contributed by atoms with Crippen molar-refractivity contribution in [1.29, 1.82) is 0 Å². The number of anilines is 1. The number of hydrogen-bond acceptors (Lipinski definition) is 3. The van der Waals surface area contributed by atoms with Crippen molar-refractivity contribution in [2.45, 2.75) is 32.4 Å². The van der Waals surface area contributed by atoms with Gasteiger partial charge in [0.25, 0.3) is 0 Å². The predicted octanol–water partition coefficient (Wildman–Crippen LogP) is 2.01. The molecule has 1 aromatic carbocycles. The number of rotatable bonds is 5. The Kier molecular flexibility index (Phi) is 4.82. The van der Waals surface area contributed by atoms with Crippen LogP contribution in [0.3, 0.4) is 0 Å². The van der Waals surface area contributed by atoms with E-state index in [9.17, 15) is 4.79 Å². The van der Waals surface area contributed by atoms with E-state index in [1.165, 1.54) is 5.56 Å². The molecule has 0 bridgehead atoms. The Labute approximate surface area is 122 Å². The molecule has 2 rings (SSSR count). The third-order valence-corrected chi connectivity index (χ3v) is 4.12. The van der Waals surface area contributed by atoms with Crippen molar-refractivity contribution < 1.29 is 4.79 Å². The van der Waals surface area contributed by atoms with Gasteiger partial charge in [-0.15, -0.1) is 0 Å². The lowest BCUT2D eigenvalue weighted by Gasteiger charge is -2.25. The highest BCUT2D eigenvalue weighted by molar-refractivity contribution is 9.10. The van der Waals surface area contributed by atoms with Crippen LogP contribution in [0.5, 0.6) is 0 Å². The summed E-state index contributed by atoms with van der Waals surface area (Å²) in [5, 5.41) is 3.30. The van der Waals surface area contributed by atoms with Gasteiger partial charge in [-0.1, -0.05) is 13.0 Å². The van der Waals surface area contributed by atoms with Crippen molar-refractivity contribution in [3.63, 3.8) is 0 Å². The number of amides is 1. The first kappa shape index (κ1) is 14.3. The molecule has 0 saturated carbocycles. The lowest BCUT2D eigenvalue weighted by Crippen LogP contribution is -2.40. The number of hydrogen-bond donors (Lipinski definition) is 2. The van der Waals surface area contributed by atoms with E-state index >= 15 is 0 Å². The first-order valence-corrected chi connectivity index (χ1v) is 7.48. The molecule has 0 radical (unpaired) electrons. The molecular formula is C14H20BrN3O. The SMILES string of the molecule is CCNCc1ccc(N2CCCC2C(N)=O)c(Br)c1. The minimum absolute atomic E-state index is 0.170. The minimum Gasteiger partial charge on any atom is -0.368 e. The van der Waals surface area contributed by atoms with Crippen LogP contribution in [-0.2, 0) is 11.3 Å². The van der Waals surface area contributed by atoms with Crippen molar-refractivity contribution in [1.82, 2.24) is 5.32 Å². The molecule has 1 amide bonds. The minimum atomic E-state index is -0.235. The van der Waals surface area contributed by atoms with Crippen molar-refractivity contribution in [2.75, 3.05) is 18.0 Å². The first-order chi connectivity index (χ1) is 9.13. The molecule has 3 N–H and O–H groups in total. The lowest BCUT2D eigenvalue weighted by atomic mass is 10.1.